The van der Waals surface area contributed by atoms with E-state index in [1.165, 1.54) is 16.7 Å². The highest BCUT2D eigenvalue weighted by atomic mass is 35.5. The molecule has 0 bridgehead atoms. The summed E-state index contributed by atoms with van der Waals surface area (Å²) >= 11 is 6.40. The molecule has 1 aliphatic heterocycles. The van der Waals surface area contributed by atoms with Crippen LogP contribution in [-0.4, -0.2) is 42.0 Å². The first-order chi connectivity index (χ1) is 13.5. The Balaban J connectivity index is 1.69. The molecule has 0 unspecified atom stereocenters. The molecule has 0 aromatic heterocycles. The fraction of sp³-hybridized carbons (Fsp3) is 0.500. The Hall–Kier alpha value is -1.42. The monoisotopic (exact) mass is 400 g/mol. The molecular weight excluding hydrogens is 371 g/mol. The molecule has 0 N–H and O–H groups in total. The maximum absolute atomic E-state index is 13.5. The molecule has 1 aliphatic carbocycles. The largest absolute Gasteiger partial charge is 0.298 e. The summed E-state index contributed by atoms with van der Waals surface area (Å²) in [5, 5.41) is 0.801. The van der Waals surface area contributed by atoms with Crippen molar-refractivity contribution in [2.45, 2.75) is 50.6 Å². The van der Waals surface area contributed by atoms with Crippen molar-refractivity contribution >= 4 is 11.6 Å². The van der Waals surface area contributed by atoms with Crippen molar-refractivity contribution in [1.82, 2.24) is 9.80 Å². The lowest BCUT2D eigenvalue weighted by molar-refractivity contribution is -0.0105. The molecule has 0 saturated carbocycles. The molecule has 1 saturated heterocycles. The van der Waals surface area contributed by atoms with Gasteiger partial charge in [-0.05, 0) is 67.3 Å². The Bertz CT molecular complexity index is 831. The predicted octanol–water partition coefficient (Wildman–Crippen LogP) is 5.86. The topological polar surface area (TPSA) is 6.48 Å². The Morgan fingerprint density at radius 1 is 1.04 bits per heavy atom. The molecule has 28 heavy (non-hydrogen) atoms. The minimum Gasteiger partial charge on any atom is -0.298 e. The van der Waals surface area contributed by atoms with Gasteiger partial charge in [0.2, 0.25) is 0 Å². The molecule has 150 valence electrons. The number of rotatable bonds is 4. The number of hydrogen-bond donors (Lipinski definition) is 0. The molecule has 4 rings (SSSR count). The van der Waals surface area contributed by atoms with Gasteiger partial charge in [0.15, 0.2) is 0 Å². The third-order valence-electron chi connectivity index (χ3n) is 7.30. The minimum atomic E-state index is -0.177. The van der Waals surface area contributed by atoms with E-state index >= 15 is 0 Å². The number of fused-ring (bicyclic) bond motifs is 1. The van der Waals surface area contributed by atoms with Crippen LogP contribution in [-0.2, 0) is 0 Å². The number of likely N-dealkylation sites (N-methyl/N-ethyl adjacent to an activating group) is 1. The van der Waals surface area contributed by atoms with Gasteiger partial charge in [0.05, 0.1) is 0 Å². The van der Waals surface area contributed by atoms with Crippen LogP contribution in [0.15, 0.2) is 42.5 Å². The van der Waals surface area contributed by atoms with E-state index in [-0.39, 0.29) is 11.4 Å². The first-order valence-corrected chi connectivity index (χ1v) is 10.9. The van der Waals surface area contributed by atoms with Crippen LogP contribution in [0, 0.1) is 5.82 Å². The number of hydrogen-bond acceptors (Lipinski definition) is 2. The van der Waals surface area contributed by atoms with Gasteiger partial charge in [-0.3, -0.25) is 9.80 Å². The zero-order valence-electron chi connectivity index (χ0n) is 17.1. The van der Waals surface area contributed by atoms with Crippen LogP contribution in [0.2, 0.25) is 5.02 Å². The van der Waals surface area contributed by atoms with Gasteiger partial charge in [0.1, 0.15) is 5.82 Å². The predicted molar refractivity (Wildman–Crippen MR) is 115 cm³/mol. The fourth-order valence-electron chi connectivity index (χ4n) is 5.36. The van der Waals surface area contributed by atoms with Crippen molar-refractivity contribution in [2.24, 2.45) is 0 Å². The van der Waals surface area contributed by atoms with Crippen molar-refractivity contribution in [3.8, 4) is 0 Å². The average molecular weight is 401 g/mol. The summed E-state index contributed by atoms with van der Waals surface area (Å²) in [6, 6.07) is 13.7. The third kappa shape index (κ3) is 3.38. The molecule has 2 aromatic rings. The maximum Gasteiger partial charge on any atom is 0.123 e. The van der Waals surface area contributed by atoms with Crippen LogP contribution in [0.4, 0.5) is 4.39 Å². The van der Waals surface area contributed by atoms with Crippen LogP contribution in [0.1, 0.15) is 61.8 Å². The maximum atomic E-state index is 13.5. The van der Waals surface area contributed by atoms with Crippen LogP contribution in [0.5, 0.6) is 0 Å². The highest BCUT2D eigenvalue weighted by molar-refractivity contribution is 6.30. The van der Waals surface area contributed by atoms with E-state index in [1.807, 2.05) is 18.2 Å². The summed E-state index contributed by atoms with van der Waals surface area (Å²) in [6.45, 7) is 7.87. The van der Waals surface area contributed by atoms with E-state index in [1.54, 1.807) is 12.1 Å². The highest BCUT2D eigenvalue weighted by Gasteiger charge is 2.42. The summed E-state index contributed by atoms with van der Waals surface area (Å²) in [5.41, 5.74) is 4.13. The summed E-state index contributed by atoms with van der Waals surface area (Å²) in [4.78, 5) is 5.22. The van der Waals surface area contributed by atoms with Crippen LogP contribution < -0.4 is 0 Å². The number of benzene rings is 2. The first-order valence-electron chi connectivity index (χ1n) is 10.5. The van der Waals surface area contributed by atoms with Crippen molar-refractivity contribution in [3.63, 3.8) is 0 Å². The van der Waals surface area contributed by atoms with E-state index < -0.39 is 0 Å². The molecule has 0 radical (unpaired) electrons. The zero-order valence-corrected chi connectivity index (χ0v) is 17.8. The summed E-state index contributed by atoms with van der Waals surface area (Å²) in [7, 11) is 2.27. The second kappa shape index (κ2) is 7.78. The van der Waals surface area contributed by atoms with Gasteiger partial charge < -0.3 is 0 Å². The SMILES string of the molecule is CCC1(CC)CN([C@H]2C[C@H](c3ccc(F)cc3)c3ccc(Cl)cc32)CCN1C. The third-order valence-corrected chi connectivity index (χ3v) is 7.54. The Labute approximate surface area is 173 Å². The smallest absolute Gasteiger partial charge is 0.123 e. The van der Waals surface area contributed by atoms with Crippen molar-refractivity contribution < 1.29 is 4.39 Å². The normalized spacial score (nSPS) is 25.0. The van der Waals surface area contributed by atoms with Crippen molar-refractivity contribution in [2.75, 3.05) is 26.7 Å². The molecular formula is C24H30ClFN2. The molecule has 0 amide bonds. The van der Waals surface area contributed by atoms with Gasteiger partial charge in [-0.15, -0.1) is 0 Å². The highest BCUT2D eigenvalue weighted by Crippen LogP contribution is 2.48. The minimum absolute atomic E-state index is 0.177. The Morgan fingerprint density at radius 2 is 1.75 bits per heavy atom. The lowest BCUT2D eigenvalue weighted by Gasteiger charge is -2.51. The van der Waals surface area contributed by atoms with Gasteiger partial charge in [-0.25, -0.2) is 4.39 Å². The Kier molecular flexibility index (Phi) is 5.52. The lowest BCUT2D eigenvalue weighted by Crippen LogP contribution is -2.60. The number of nitrogens with zero attached hydrogens (tertiary/aromatic N) is 2. The number of piperazine rings is 1. The molecule has 2 nitrogen and oxygen atoms in total. The van der Waals surface area contributed by atoms with Crippen molar-refractivity contribution in [3.05, 3.63) is 70.0 Å². The first kappa shape index (κ1) is 19.9. The van der Waals surface area contributed by atoms with Crippen LogP contribution >= 0.6 is 11.6 Å². The standard InChI is InChI=1S/C24H30ClFN2/c1-4-24(5-2)16-28(13-12-27(24)3)23-15-21(17-6-9-19(26)10-7-17)20-11-8-18(25)14-22(20)23/h6-11,14,21,23H,4-5,12-13,15-16H2,1-3H3/t21-,23+/m1/s1. The van der Waals surface area contributed by atoms with E-state index in [0.717, 1.165) is 43.9 Å². The summed E-state index contributed by atoms with van der Waals surface area (Å²) in [6.07, 6.45) is 3.36. The quantitative estimate of drug-likeness (QED) is 0.634. The lowest BCUT2D eigenvalue weighted by atomic mass is 9.87. The fourth-order valence-corrected chi connectivity index (χ4v) is 5.54. The second-order valence-corrected chi connectivity index (χ2v) is 8.89. The van der Waals surface area contributed by atoms with Crippen LogP contribution in [0.3, 0.4) is 0 Å². The Morgan fingerprint density at radius 3 is 2.43 bits per heavy atom. The van der Waals surface area contributed by atoms with Gasteiger partial charge in [0.25, 0.3) is 0 Å². The average Bonchev–Trinajstić information content (AvgIpc) is 3.08. The summed E-state index contributed by atoms with van der Waals surface area (Å²) < 4.78 is 13.5. The molecule has 2 aromatic carbocycles. The zero-order chi connectivity index (χ0) is 19.9. The van der Waals surface area contributed by atoms with Crippen LogP contribution in [0.25, 0.3) is 0 Å². The van der Waals surface area contributed by atoms with E-state index in [2.05, 4.69) is 42.8 Å². The second-order valence-electron chi connectivity index (χ2n) is 8.45. The van der Waals surface area contributed by atoms with E-state index in [9.17, 15) is 4.39 Å². The van der Waals surface area contributed by atoms with Gasteiger partial charge in [0, 0.05) is 42.2 Å². The van der Waals surface area contributed by atoms with Gasteiger partial charge in [-0.1, -0.05) is 43.6 Å². The van der Waals surface area contributed by atoms with E-state index in [4.69, 9.17) is 11.6 Å². The van der Waals surface area contributed by atoms with Gasteiger partial charge in [-0.2, -0.15) is 0 Å². The van der Waals surface area contributed by atoms with Gasteiger partial charge >= 0.3 is 0 Å². The molecule has 0 spiro atoms. The molecule has 1 fully saturated rings. The molecule has 2 aliphatic rings. The van der Waals surface area contributed by atoms with E-state index in [0.29, 0.717) is 12.0 Å². The number of halogens is 2. The molecule has 4 heteroatoms. The molecule has 1 heterocycles. The van der Waals surface area contributed by atoms with Crippen molar-refractivity contribution in [1.29, 1.82) is 0 Å². The molecule has 2 atom stereocenters. The summed E-state index contributed by atoms with van der Waals surface area (Å²) in [5.74, 6) is 0.125.